The van der Waals surface area contributed by atoms with Gasteiger partial charge in [0, 0.05) is 0 Å². The molecule has 2 fully saturated rings. The molecule has 0 aromatic heterocycles. The number of carbonyl (C=O) groups is 2. The first-order chi connectivity index (χ1) is 16.5. The molecule has 3 aromatic carbocycles. The fourth-order valence-electron chi connectivity index (χ4n) is 5.48. The van der Waals surface area contributed by atoms with Crippen molar-refractivity contribution < 1.29 is 14.3 Å². The van der Waals surface area contributed by atoms with Crippen molar-refractivity contribution in [3.05, 3.63) is 86.8 Å². The van der Waals surface area contributed by atoms with Crippen molar-refractivity contribution in [2.24, 2.45) is 28.8 Å². The van der Waals surface area contributed by atoms with E-state index in [9.17, 15) is 9.59 Å². The number of amides is 2. The first kappa shape index (κ1) is 21.7. The lowest BCUT2D eigenvalue weighted by Crippen LogP contribution is -2.28. The van der Waals surface area contributed by atoms with Crippen molar-refractivity contribution in [2.45, 2.75) is 13.0 Å². The summed E-state index contributed by atoms with van der Waals surface area (Å²) in [5, 5.41) is 7.67. The molecule has 0 unspecified atom stereocenters. The predicted octanol–water partition coefficient (Wildman–Crippen LogP) is 6.08. The van der Waals surface area contributed by atoms with Crippen molar-refractivity contribution in [3.63, 3.8) is 0 Å². The number of fused-ring (bicyclic) bond motifs is 6. The minimum absolute atomic E-state index is 0.174. The highest BCUT2D eigenvalue weighted by atomic mass is 79.9. The van der Waals surface area contributed by atoms with Gasteiger partial charge < -0.3 is 4.74 Å². The van der Waals surface area contributed by atoms with Crippen LogP contribution in [0.5, 0.6) is 5.75 Å². The van der Waals surface area contributed by atoms with E-state index < -0.39 is 0 Å². The van der Waals surface area contributed by atoms with Crippen LogP contribution in [-0.4, -0.2) is 23.0 Å². The molecule has 2 amide bonds. The number of benzene rings is 3. The van der Waals surface area contributed by atoms with Gasteiger partial charge in [-0.2, -0.15) is 10.1 Å². The number of hydrogen-bond acceptors (Lipinski definition) is 4. The van der Waals surface area contributed by atoms with Crippen molar-refractivity contribution >= 4 is 60.7 Å². The van der Waals surface area contributed by atoms with Crippen molar-refractivity contribution in [2.75, 3.05) is 0 Å². The Bertz CT molecular complexity index is 1340. The molecule has 1 saturated carbocycles. The third kappa shape index (κ3) is 3.53. The SMILES string of the molecule is O=C1[C@@H]2[C@H](C(=O)N1N=Cc1cc(Br)c(OCc3cccc4ccccc34)c(Br)c1)[C@H]1C=C[C@H]2C1. The Hall–Kier alpha value is -2.77. The number of imide groups is 1. The molecular weight excluding hydrogens is 560 g/mol. The summed E-state index contributed by atoms with van der Waals surface area (Å²) < 4.78 is 7.65. The number of ether oxygens (including phenoxy) is 1. The van der Waals surface area contributed by atoms with Crippen molar-refractivity contribution in [1.82, 2.24) is 5.01 Å². The summed E-state index contributed by atoms with van der Waals surface area (Å²) in [6.45, 7) is 0.419. The Morgan fingerprint density at radius 1 is 0.941 bits per heavy atom. The van der Waals surface area contributed by atoms with Crippen LogP contribution in [0.25, 0.3) is 10.8 Å². The maximum Gasteiger partial charge on any atom is 0.254 e. The average Bonchev–Trinajstić information content (AvgIpc) is 3.51. The molecule has 6 rings (SSSR count). The molecule has 3 aliphatic rings. The van der Waals surface area contributed by atoms with Crippen LogP contribution in [0.3, 0.4) is 0 Å². The van der Waals surface area contributed by atoms with Gasteiger partial charge >= 0.3 is 0 Å². The van der Waals surface area contributed by atoms with Gasteiger partial charge in [0.15, 0.2) is 0 Å². The minimum Gasteiger partial charge on any atom is -0.487 e. The summed E-state index contributed by atoms with van der Waals surface area (Å²) >= 11 is 7.18. The van der Waals surface area contributed by atoms with Crippen LogP contribution in [0, 0.1) is 23.7 Å². The first-order valence-corrected chi connectivity index (χ1v) is 12.8. The van der Waals surface area contributed by atoms with Gasteiger partial charge in [-0.1, -0.05) is 54.6 Å². The van der Waals surface area contributed by atoms with E-state index in [4.69, 9.17) is 4.74 Å². The highest BCUT2D eigenvalue weighted by molar-refractivity contribution is 9.11. The Labute approximate surface area is 213 Å². The van der Waals surface area contributed by atoms with E-state index >= 15 is 0 Å². The lowest BCUT2D eigenvalue weighted by Gasteiger charge is -2.13. The van der Waals surface area contributed by atoms with Gasteiger partial charge in [0.1, 0.15) is 12.4 Å². The van der Waals surface area contributed by atoms with E-state index in [0.29, 0.717) is 12.4 Å². The molecule has 1 saturated heterocycles. The zero-order valence-corrected chi connectivity index (χ0v) is 21.2. The Kier molecular flexibility index (Phi) is 5.41. The van der Waals surface area contributed by atoms with Gasteiger partial charge in [0.05, 0.1) is 27.0 Å². The lowest BCUT2D eigenvalue weighted by molar-refractivity contribution is -0.140. The van der Waals surface area contributed by atoms with Crippen LogP contribution in [-0.2, 0) is 16.2 Å². The summed E-state index contributed by atoms with van der Waals surface area (Å²) in [4.78, 5) is 25.7. The van der Waals surface area contributed by atoms with E-state index in [-0.39, 0.29) is 35.5 Å². The number of hydrazone groups is 1. The summed E-state index contributed by atoms with van der Waals surface area (Å²) in [7, 11) is 0. The van der Waals surface area contributed by atoms with E-state index in [1.54, 1.807) is 6.21 Å². The number of allylic oxidation sites excluding steroid dienone is 2. The van der Waals surface area contributed by atoms with Crippen LogP contribution in [0.15, 0.2) is 80.8 Å². The number of nitrogens with zero attached hydrogens (tertiary/aromatic N) is 2. The van der Waals surface area contributed by atoms with Gasteiger partial charge in [-0.05, 0) is 84.1 Å². The molecule has 34 heavy (non-hydrogen) atoms. The van der Waals surface area contributed by atoms with Crippen LogP contribution in [0.2, 0.25) is 0 Å². The van der Waals surface area contributed by atoms with E-state index in [0.717, 1.165) is 36.9 Å². The average molecular weight is 580 g/mol. The highest BCUT2D eigenvalue weighted by Crippen LogP contribution is 2.52. The second kappa shape index (κ2) is 8.47. The molecule has 1 heterocycles. The predicted molar refractivity (Wildman–Crippen MR) is 137 cm³/mol. The first-order valence-electron chi connectivity index (χ1n) is 11.2. The zero-order valence-electron chi connectivity index (χ0n) is 18.0. The number of rotatable bonds is 5. The van der Waals surface area contributed by atoms with Crippen LogP contribution < -0.4 is 4.74 Å². The Balaban J connectivity index is 1.19. The van der Waals surface area contributed by atoms with Gasteiger partial charge in [-0.3, -0.25) is 9.59 Å². The van der Waals surface area contributed by atoms with Gasteiger partial charge in [0.25, 0.3) is 11.8 Å². The lowest BCUT2D eigenvalue weighted by atomic mass is 9.85. The zero-order chi connectivity index (χ0) is 23.4. The van der Waals surface area contributed by atoms with Crippen molar-refractivity contribution in [1.29, 1.82) is 0 Å². The molecule has 7 heteroatoms. The van der Waals surface area contributed by atoms with Crippen LogP contribution >= 0.6 is 31.9 Å². The van der Waals surface area contributed by atoms with Gasteiger partial charge in [0.2, 0.25) is 0 Å². The standard InChI is InChI=1S/C27H20Br2N2O3/c28-21-10-15(13-30-31-26(32)23-17-8-9-18(12-17)24(23)27(31)33)11-22(29)25(21)34-14-19-6-3-5-16-4-1-2-7-20(16)19/h1-11,13,17-18,23-24H,12,14H2/t17-,18-,23-,24+/m0/s1. The Morgan fingerprint density at radius 3 is 2.29 bits per heavy atom. The summed E-state index contributed by atoms with van der Waals surface area (Å²) in [5.74, 6) is 0.162. The molecule has 2 aliphatic carbocycles. The largest absolute Gasteiger partial charge is 0.487 e. The maximum atomic E-state index is 12.8. The molecule has 4 atom stereocenters. The molecule has 0 spiro atoms. The van der Waals surface area contributed by atoms with Gasteiger partial charge in [-0.25, -0.2) is 0 Å². The van der Waals surface area contributed by atoms with E-state index in [1.807, 2.05) is 30.3 Å². The van der Waals surface area contributed by atoms with Crippen molar-refractivity contribution in [3.8, 4) is 5.75 Å². The summed E-state index contributed by atoms with van der Waals surface area (Å²) in [6, 6.07) is 18.1. The third-order valence-corrected chi connectivity index (χ3v) is 8.22. The second-order valence-electron chi connectivity index (χ2n) is 8.97. The smallest absolute Gasteiger partial charge is 0.254 e. The van der Waals surface area contributed by atoms with Crippen LogP contribution in [0.1, 0.15) is 17.5 Å². The molecular formula is C27H20Br2N2O3. The normalized spacial score (nSPS) is 25.2. The molecule has 170 valence electrons. The summed E-state index contributed by atoms with van der Waals surface area (Å²) in [6.07, 6.45) is 6.62. The summed E-state index contributed by atoms with van der Waals surface area (Å²) in [5.41, 5.74) is 1.85. The third-order valence-electron chi connectivity index (χ3n) is 7.04. The molecule has 0 N–H and O–H groups in total. The monoisotopic (exact) mass is 578 g/mol. The van der Waals surface area contributed by atoms with E-state index in [1.165, 1.54) is 5.39 Å². The highest BCUT2D eigenvalue weighted by Gasteiger charge is 2.59. The second-order valence-corrected chi connectivity index (χ2v) is 10.7. The maximum absolute atomic E-state index is 12.8. The van der Waals surface area contributed by atoms with E-state index in [2.05, 4.69) is 73.4 Å². The molecule has 5 nitrogen and oxygen atoms in total. The fourth-order valence-corrected chi connectivity index (χ4v) is 6.94. The molecule has 1 aliphatic heterocycles. The number of carbonyl (C=O) groups excluding carboxylic acids is 2. The molecule has 0 radical (unpaired) electrons. The molecule has 3 aromatic rings. The number of hydrogen-bond donors (Lipinski definition) is 0. The van der Waals surface area contributed by atoms with Crippen LogP contribution in [0.4, 0.5) is 0 Å². The quantitative estimate of drug-likeness (QED) is 0.209. The fraction of sp³-hybridized carbons (Fsp3) is 0.222. The molecule has 2 bridgehead atoms. The topological polar surface area (TPSA) is 59.0 Å². The minimum atomic E-state index is -0.247. The Morgan fingerprint density at radius 2 is 1.59 bits per heavy atom. The van der Waals surface area contributed by atoms with Gasteiger partial charge in [-0.15, -0.1) is 0 Å². The number of halogens is 2.